The molecule has 3 rings (SSSR count). The topological polar surface area (TPSA) is 110 Å². The number of carbonyl (C=O) groups excluding carboxylic acids is 2. The predicted molar refractivity (Wildman–Crippen MR) is 104 cm³/mol. The Morgan fingerprint density at radius 2 is 1.81 bits per heavy atom. The molecule has 27 heavy (non-hydrogen) atoms. The molecule has 2 aromatic carbocycles. The Kier molecular flexibility index (Phi) is 5.99. The SMILES string of the molecule is Nc1nnc(SCC(=O)Nc2ccccc2C(=O)Nc2ccc(F)cc2)s1. The summed E-state index contributed by atoms with van der Waals surface area (Å²) in [7, 11) is 0. The quantitative estimate of drug-likeness (QED) is 0.545. The number of halogens is 1. The number of nitrogen functional groups attached to an aromatic ring is 1. The lowest BCUT2D eigenvalue weighted by molar-refractivity contribution is -0.113. The van der Waals surface area contributed by atoms with Gasteiger partial charge in [-0.1, -0.05) is 35.2 Å². The van der Waals surface area contributed by atoms with Crippen LogP contribution in [-0.2, 0) is 4.79 Å². The first-order valence-electron chi connectivity index (χ1n) is 7.69. The van der Waals surface area contributed by atoms with Gasteiger partial charge in [0, 0.05) is 5.69 Å². The lowest BCUT2D eigenvalue weighted by atomic mass is 10.1. The summed E-state index contributed by atoms with van der Waals surface area (Å²) in [4.78, 5) is 24.7. The van der Waals surface area contributed by atoms with Gasteiger partial charge in [-0.2, -0.15) is 0 Å². The number of rotatable bonds is 6. The number of anilines is 3. The van der Waals surface area contributed by atoms with Gasteiger partial charge in [0.15, 0.2) is 4.34 Å². The fourth-order valence-corrected chi connectivity index (χ4v) is 3.55. The number of nitrogens with zero attached hydrogens (tertiary/aromatic N) is 2. The van der Waals surface area contributed by atoms with Crippen LogP contribution < -0.4 is 16.4 Å². The van der Waals surface area contributed by atoms with Crippen LogP contribution >= 0.6 is 23.1 Å². The second-order valence-electron chi connectivity index (χ2n) is 5.25. The van der Waals surface area contributed by atoms with Crippen LogP contribution in [0.1, 0.15) is 10.4 Å². The van der Waals surface area contributed by atoms with Crippen molar-refractivity contribution in [3.8, 4) is 0 Å². The molecule has 138 valence electrons. The van der Waals surface area contributed by atoms with E-state index in [-0.39, 0.29) is 11.7 Å². The molecule has 0 atom stereocenters. The average Bonchev–Trinajstić information content (AvgIpc) is 3.08. The monoisotopic (exact) mass is 403 g/mol. The van der Waals surface area contributed by atoms with Crippen molar-refractivity contribution in [1.29, 1.82) is 0 Å². The summed E-state index contributed by atoms with van der Waals surface area (Å²) in [5.74, 6) is -1.00. The molecule has 10 heteroatoms. The van der Waals surface area contributed by atoms with E-state index in [2.05, 4.69) is 20.8 Å². The zero-order chi connectivity index (χ0) is 19.2. The molecule has 0 saturated carbocycles. The van der Waals surface area contributed by atoms with E-state index in [4.69, 9.17) is 5.73 Å². The average molecular weight is 403 g/mol. The van der Waals surface area contributed by atoms with Crippen molar-refractivity contribution < 1.29 is 14.0 Å². The number of carbonyl (C=O) groups is 2. The van der Waals surface area contributed by atoms with Gasteiger partial charge in [0.2, 0.25) is 11.0 Å². The number of amides is 2. The smallest absolute Gasteiger partial charge is 0.257 e. The van der Waals surface area contributed by atoms with Gasteiger partial charge in [0.1, 0.15) is 5.82 Å². The molecular weight excluding hydrogens is 389 g/mol. The van der Waals surface area contributed by atoms with Crippen molar-refractivity contribution in [2.75, 3.05) is 22.1 Å². The fraction of sp³-hybridized carbons (Fsp3) is 0.0588. The van der Waals surface area contributed by atoms with Gasteiger partial charge in [0.05, 0.1) is 17.0 Å². The molecule has 0 fully saturated rings. The summed E-state index contributed by atoms with van der Waals surface area (Å²) in [6.45, 7) is 0. The summed E-state index contributed by atoms with van der Waals surface area (Å²) in [5.41, 5.74) is 6.62. The Morgan fingerprint density at radius 1 is 1.07 bits per heavy atom. The van der Waals surface area contributed by atoms with Gasteiger partial charge in [-0.3, -0.25) is 9.59 Å². The summed E-state index contributed by atoms with van der Waals surface area (Å²) < 4.78 is 13.6. The molecule has 0 aliphatic heterocycles. The van der Waals surface area contributed by atoms with Crippen molar-refractivity contribution in [3.05, 3.63) is 59.9 Å². The van der Waals surface area contributed by atoms with Crippen LogP contribution in [0, 0.1) is 5.82 Å². The number of para-hydroxylation sites is 1. The molecule has 0 aliphatic rings. The Morgan fingerprint density at radius 3 is 2.52 bits per heavy atom. The minimum Gasteiger partial charge on any atom is -0.374 e. The number of aromatic nitrogens is 2. The van der Waals surface area contributed by atoms with Crippen molar-refractivity contribution in [1.82, 2.24) is 10.2 Å². The second-order valence-corrected chi connectivity index (χ2v) is 7.48. The van der Waals surface area contributed by atoms with Crippen LogP contribution in [0.25, 0.3) is 0 Å². The van der Waals surface area contributed by atoms with Crippen LogP contribution in [0.5, 0.6) is 0 Å². The molecule has 7 nitrogen and oxygen atoms in total. The van der Waals surface area contributed by atoms with E-state index in [0.717, 1.165) is 0 Å². The van der Waals surface area contributed by atoms with Crippen molar-refractivity contribution in [2.24, 2.45) is 0 Å². The van der Waals surface area contributed by atoms with Crippen molar-refractivity contribution in [3.63, 3.8) is 0 Å². The molecule has 1 aromatic heterocycles. The molecule has 0 unspecified atom stereocenters. The number of hydrogen-bond donors (Lipinski definition) is 3. The fourth-order valence-electron chi connectivity index (χ4n) is 2.11. The molecule has 0 saturated heterocycles. The van der Waals surface area contributed by atoms with Crippen LogP contribution in [0.3, 0.4) is 0 Å². The summed E-state index contributed by atoms with van der Waals surface area (Å²) >= 11 is 2.40. The highest BCUT2D eigenvalue weighted by Crippen LogP contribution is 2.24. The summed E-state index contributed by atoms with van der Waals surface area (Å²) in [6, 6.07) is 12.0. The molecule has 4 N–H and O–H groups in total. The molecule has 2 amide bonds. The highest BCUT2D eigenvalue weighted by molar-refractivity contribution is 8.01. The molecule has 0 radical (unpaired) electrons. The first kappa shape index (κ1) is 18.8. The third-order valence-corrected chi connectivity index (χ3v) is 5.18. The van der Waals surface area contributed by atoms with Crippen molar-refractivity contribution >= 4 is 51.4 Å². The summed E-state index contributed by atoms with van der Waals surface area (Å²) in [6.07, 6.45) is 0. The molecule has 0 bridgehead atoms. The largest absolute Gasteiger partial charge is 0.374 e. The summed E-state index contributed by atoms with van der Waals surface area (Å²) in [5, 5.41) is 13.2. The Hall–Kier alpha value is -2.98. The first-order chi connectivity index (χ1) is 13.0. The maximum Gasteiger partial charge on any atom is 0.257 e. The standard InChI is InChI=1S/C17H14FN5O2S2/c18-10-5-7-11(8-6-10)20-15(25)12-3-1-2-4-13(12)21-14(24)9-26-17-23-22-16(19)27-17/h1-8H,9H2,(H2,19,22)(H,20,25)(H,21,24). The van der Waals surface area contributed by atoms with E-state index in [0.29, 0.717) is 26.4 Å². The van der Waals surface area contributed by atoms with E-state index in [1.165, 1.54) is 47.4 Å². The van der Waals surface area contributed by atoms with Gasteiger partial charge in [-0.25, -0.2) is 4.39 Å². The van der Waals surface area contributed by atoms with Gasteiger partial charge in [0.25, 0.3) is 5.91 Å². The molecule has 0 aliphatic carbocycles. The normalized spacial score (nSPS) is 10.4. The number of benzene rings is 2. The third-order valence-electron chi connectivity index (χ3n) is 3.30. The van der Waals surface area contributed by atoms with Gasteiger partial charge in [-0.15, -0.1) is 10.2 Å². The number of nitrogens with two attached hydrogens (primary N) is 1. The highest BCUT2D eigenvalue weighted by atomic mass is 32.2. The lowest BCUT2D eigenvalue weighted by Crippen LogP contribution is -2.19. The second kappa shape index (κ2) is 8.60. The predicted octanol–water partition coefficient (Wildman–Crippen LogP) is 3.24. The van der Waals surface area contributed by atoms with Gasteiger partial charge in [-0.05, 0) is 36.4 Å². The maximum absolute atomic E-state index is 13.0. The van der Waals surface area contributed by atoms with Crippen LogP contribution in [-0.4, -0.2) is 27.8 Å². The van der Waals surface area contributed by atoms with E-state index < -0.39 is 11.7 Å². The number of thioether (sulfide) groups is 1. The Balaban J connectivity index is 1.64. The minimum atomic E-state index is -0.415. The molecule has 0 spiro atoms. The first-order valence-corrected chi connectivity index (χ1v) is 9.49. The van der Waals surface area contributed by atoms with E-state index in [1.807, 2.05) is 0 Å². The van der Waals surface area contributed by atoms with Crippen LogP contribution in [0.15, 0.2) is 52.9 Å². The number of nitrogens with one attached hydrogen (secondary N) is 2. The van der Waals surface area contributed by atoms with E-state index in [1.54, 1.807) is 24.3 Å². The van der Waals surface area contributed by atoms with E-state index in [9.17, 15) is 14.0 Å². The third kappa shape index (κ3) is 5.25. The lowest BCUT2D eigenvalue weighted by Gasteiger charge is -2.11. The van der Waals surface area contributed by atoms with Crippen LogP contribution in [0.4, 0.5) is 20.9 Å². The van der Waals surface area contributed by atoms with Gasteiger partial charge < -0.3 is 16.4 Å². The Bertz CT molecular complexity index is 962. The highest BCUT2D eigenvalue weighted by Gasteiger charge is 2.14. The van der Waals surface area contributed by atoms with E-state index >= 15 is 0 Å². The van der Waals surface area contributed by atoms with Crippen molar-refractivity contribution in [2.45, 2.75) is 4.34 Å². The zero-order valence-corrected chi connectivity index (χ0v) is 15.4. The maximum atomic E-state index is 13.0. The minimum absolute atomic E-state index is 0.0998. The molecule has 3 aromatic rings. The molecule has 1 heterocycles. The van der Waals surface area contributed by atoms with Crippen LogP contribution in [0.2, 0.25) is 0 Å². The van der Waals surface area contributed by atoms with Gasteiger partial charge >= 0.3 is 0 Å². The molecular formula is C17H14FN5O2S2. The Labute approximate surface area is 162 Å². The zero-order valence-electron chi connectivity index (χ0n) is 13.8. The number of hydrogen-bond acceptors (Lipinski definition) is 7.